The van der Waals surface area contributed by atoms with Crippen LogP contribution in [0.25, 0.3) is 0 Å². The zero-order valence-electron chi connectivity index (χ0n) is 12.1. The number of rotatable bonds is 6. The van der Waals surface area contributed by atoms with Crippen LogP contribution in [0.2, 0.25) is 0 Å². The first kappa shape index (κ1) is 12.7. The SMILES string of the molecule is C=CC(c1ccc(C(C)C2=CC2)cc1)C(C)C1CC1. The summed E-state index contributed by atoms with van der Waals surface area (Å²) in [6.45, 7) is 8.75. The summed E-state index contributed by atoms with van der Waals surface area (Å²) in [6, 6.07) is 9.27. The molecule has 0 radical (unpaired) electrons. The Labute approximate surface area is 117 Å². The van der Waals surface area contributed by atoms with Gasteiger partial charge in [-0.3, -0.25) is 0 Å². The van der Waals surface area contributed by atoms with E-state index in [0.717, 1.165) is 11.8 Å². The van der Waals surface area contributed by atoms with Gasteiger partial charge >= 0.3 is 0 Å². The van der Waals surface area contributed by atoms with E-state index in [1.165, 1.54) is 30.4 Å². The van der Waals surface area contributed by atoms with E-state index in [9.17, 15) is 0 Å². The van der Waals surface area contributed by atoms with Gasteiger partial charge in [-0.25, -0.2) is 0 Å². The van der Waals surface area contributed by atoms with Crippen LogP contribution in [0.5, 0.6) is 0 Å². The monoisotopic (exact) mass is 252 g/mol. The molecule has 0 aliphatic heterocycles. The first-order chi connectivity index (χ1) is 9.20. The molecule has 2 aliphatic carbocycles. The highest BCUT2D eigenvalue weighted by molar-refractivity contribution is 5.38. The molecule has 100 valence electrons. The molecule has 3 unspecified atom stereocenters. The van der Waals surface area contributed by atoms with E-state index >= 15 is 0 Å². The first-order valence-corrected chi connectivity index (χ1v) is 7.62. The van der Waals surface area contributed by atoms with E-state index in [1.54, 1.807) is 5.57 Å². The predicted molar refractivity (Wildman–Crippen MR) is 82.4 cm³/mol. The molecule has 19 heavy (non-hydrogen) atoms. The first-order valence-electron chi connectivity index (χ1n) is 7.62. The number of hydrogen-bond donors (Lipinski definition) is 0. The molecular weight excluding hydrogens is 228 g/mol. The summed E-state index contributed by atoms with van der Waals surface area (Å²) in [5, 5.41) is 0. The van der Waals surface area contributed by atoms with Gasteiger partial charge in [-0.05, 0) is 42.2 Å². The Morgan fingerprint density at radius 3 is 2.16 bits per heavy atom. The van der Waals surface area contributed by atoms with Crippen molar-refractivity contribution < 1.29 is 0 Å². The molecule has 1 aromatic carbocycles. The van der Waals surface area contributed by atoms with Crippen molar-refractivity contribution in [2.24, 2.45) is 11.8 Å². The third-order valence-electron chi connectivity index (χ3n) is 5.00. The van der Waals surface area contributed by atoms with E-state index in [4.69, 9.17) is 0 Å². The fourth-order valence-corrected chi connectivity index (χ4v) is 3.20. The average molecular weight is 252 g/mol. The quantitative estimate of drug-likeness (QED) is 0.592. The second-order valence-corrected chi connectivity index (χ2v) is 6.33. The Morgan fingerprint density at radius 1 is 1.11 bits per heavy atom. The zero-order valence-corrected chi connectivity index (χ0v) is 12.1. The van der Waals surface area contributed by atoms with Crippen LogP contribution in [0.15, 0.2) is 48.6 Å². The highest BCUT2D eigenvalue weighted by atomic mass is 14.4. The Balaban J connectivity index is 1.76. The lowest BCUT2D eigenvalue weighted by molar-refractivity contribution is 0.461. The molecule has 3 atom stereocenters. The number of hydrogen-bond acceptors (Lipinski definition) is 0. The predicted octanol–water partition coefficient (Wildman–Crippen LogP) is 5.44. The lowest BCUT2D eigenvalue weighted by atomic mass is 9.83. The molecule has 0 saturated heterocycles. The van der Waals surface area contributed by atoms with Gasteiger partial charge in [0.25, 0.3) is 0 Å². The Kier molecular flexibility index (Phi) is 3.35. The summed E-state index contributed by atoms with van der Waals surface area (Å²) >= 11 is 0. The minimum Gasteiger partial charge on any atom is -0.102 e. The fourth-order valence-electron chi connectivity index (χ4n) is 3.20. The topological polar surface area (TPSA) is 0 Å². The van der Waals surface area contributed by atoms with Crippen LogP contribution in [-0.2, 0) is 0 Å². The number of benzene rings is 1. The molecule has 0 bridgehead atoms. The van der Waals surface area contributed by atoms with E-state index in [-0.39, 0.29) is 0 Å². The molecule has 2 aliphatic rings. The summed E-state index contributed by atoms with van der Waals surface area (Å²) in [5.41, 5.74) is 4.49. The molecule has 0 heterocycles. The summed E-state index contributed by atoms with van der Waals surface area (Å²) < 4.78 is 0. The van der Waals surface area contributed by atoms with Gasteiger partial charge in [-0.2, -0.15) is 0 Å². The van der Waals surface area contributed by atoms with Crippen molar-refractivity contribution in [3.63, 3.8) is 0 Å². The van der Waals surface area contributed by atoms with Crippen LogP contribution in [-0.4, -0.2) is 0 Å². The Hall–Kier alpha value is -1.30. The van der Waals surface area contributed by atoms with Crippen molar-refractivity contribution in [1.82, 2.24) is 0 Å². The summed E-state index contributed by atoms with van der Waals surface area (Å²) in [7, 11) is 0. The van der Waals surface area contributed by atoms with Crippen molar-refractivity contribution in [3.05, 3.63) is 59.7 Å². The van der Waals surface area contributed by atoms with E-state index in [1.807, 2.05) is 0 Å². The minimum absolute atomic E-state index is 0.525. The van der Waals surface area contributed by atoms with Crippen LogP contribution >= 0.6 is 0 Å². The molecule has 0 aromatic heterocycles. The third-order valence-corrected chi connectivity index (χ3v) is 5.00. The molecule has 0 heteroatoms. The standard InChI is InChI=1S/C19H24/c1-4-19(14(3)17-7-8-17)18-11-9-16(10-12-18)13(2)15-5-6-15/h4-5,9-14,17,19H,1,6-8H2,2-3H3. The molecule has 1 aromatic rings. The lowest BCUT2D eigenvalue weighted by Crippen LogP contribution is -2.09. The van der Waals surface area contributed by atoms with Gasteiger partial charge in [-0.15, -0.1) is 6.58 Å². The zero-order chi connectivity index (χ0) is 13.4. The van der Waals surface area contributed by atoms with Crippen LogP contribution in [0.3, 0.4) is 0 Å². The van der Waals surface area contributed by atoms with E-state index in [0.29, 0.717) is 11.8 Å². The molecule has 0 spiro atoms. The highest BCUT2D eigenvalue weighted by Crippen LogP contribution is 2.44. The summed E-state index contributed by atoms with van der Waals surface area (Å²) in [6.07, 6.45) is 8.52. The molecule has 0 amide bonds. The van der Waals surface area contributed by atoms with Crippen molar-refractivity contribution in [3.8, 4) is 0 Å². The maximum absolute atomic E-state index is 4.06. The van der Waals surface area contributed by atoms with Gasteiger partial charge in [0.15, 0.2) is 0 Å². The lowest BCUT2D eigenvalue weighted by Gasteiger charge is -2.21. The smallest absolute Gasteiger partial charge is 0.00435 e. The molecule has 3 rings (SSSR count). The average Bonchev–Trinajstić information content (AvgIpc) is 3.32. The minimum atomic E-state index is 0.525. The van der Waals surface area contributed by atoms with Crippen molar-refractivity contribution in [1.29, 1.82) is 0 Å². The van der Waals surface area contributed by atoms with Crippen molar-refractivity contribution in [2.45, 2.75) is 44.9 Å². The number of allylic oxidation sites excluding steroid dienone is 3. The molecule has 1 fully saturated rings. The largest absolute Gasteiger partial charge is 0.102 e. The highest BCUT2D eigenvalue weighted by Gasteiger charge is 2.32. The van der Waals surface area contributed by atoms with Gasteiger partial charge < -0.3 is 0 Å². The van der Waals surface area contributed by atoms with Crippen LogP contribution < -0.4 is 0 Å². The maximum atomic E-state index is 4.06. The van der Waals surface area contributed by atoms with Crippen molar-refractivity contribution >= 4 is 0 Å². The van der Waals surface area contributed by atoms with E-state index < -0.39 is 0 Å². The van der Waals surface area contributed by atoms with Gasteiger partial charge in [0, 0.05) is 11.8 Å². The van der Waals surface area contributed by atoms with Crippen LogP contribution in [0.4, 0.5) is 0 Å². The Morgan fingerprint density at radius 2 is 1.68 bits per heavy atom. The van der Waals surface area contributed by atoms with Gasteiger partial charge in [-0.1, -0.05) is 55.8 Å². The van der Waals surface area contributed by atoms with Gasteiger partial charge in [0.1, 0.15) is 0 Å². The summed E-state index contributed by atoms with van der Waals surface area (Å²) in [5.74, 6) is 2.80. The molecule has 0 N–H and O–H groups in total. The fraction of sp³-hybridized carbons (Fsp3) is 0.474. The molecule has 1 saturated carbocycles. The Bertz CT molecular complexity index is 487. The second-order valence-electron chi connectivity index (χ2n) is 6.33. The normalized spacial score (nSPS) is 22.3. The third kappa shape index (κ3) is 2.68. The summed E-state index contributed by atoms with van der Waals surface area (Å²) in [4.78, 5) is 0. The van der Waals surface area contributed by atoms with Gasteiger partial charge in [0.2, 0.25) is 0 Å². The van der Waals surface area contributed by atoms with Crippen molar-refractivity contribution in [2.75, 3.05) is 0 Å². The van der Waals surface area contributed by atoms with Gasteiger partial charge in [0.05, 0.1) is 0 Å². The second kappa shape index (κ2) is 5.00. The molecule has 0 nitrogen and oxygen atoms in total. The van der Waals surface area contributed by atoms with E-state index in [2.05, 4.69) is 56.8 Å². The maximum Gasteiger partial charge on any atom is 0.00435 e. The van der Waals surface area contributed by atoms with Crippen LogP contribution in [0.1, 0.15) is 56.1 Å². The van der Waals surface area contributed by atoms with Crippen LogP contribution in [0, 0.1) is 11.8 Å². The molecular formula is C19H24.